The highest BCUT2D eigenvalue weighted by Crippen LogP contribution is 2.30. The van der Waals surface area contributed by atoms with Gasteiger partial charge in [0.1, 0.15) is 12.6 Å². The van der Waals surface area contributed by atoms with Crippen LogP contribution >= 0.6 is 0 Å². The Morgan fingerprint density at radius 2 is 1.75 bits per heavy atom. The van der Waals surface area contributed by atoms with Crippen LogP contribution in [0.1, 0.15) is 61.4 Å². The van der Waals surface area contributed by atoms with Crippen LogP contribution in [0, 0.1) is 0 Å². The van der Waals surface area contributed by atoms with Crippen LogP contribution in [-0.2, 0) is 30.4 Å². The highest BCUT2D eigenvalue weighted by Gasteiger charge is 2.33. The van der Waals surface area contributed by atoms with Gasteiger partial charge in [0.15, 0.2) is 0 Å². The number of hydrogen-bond donors (Lipinski definition) is 3. The number of hydrogen-bond acceptors (Lipinski definition) is 8. The summed E-state index contributed by atoms with van der Waals surface area (Å²) in [5, 5.41) is 5.30. The molecule has 1 atom stereocenters. The quantitative estimate of drug-likeness (QED) is 0.215. The molecule has 0 spiro atoms. The zero-order valence-corrected chi connectivity index (χ0v) is 22.0. The lowest BCUT2D eigenvalue weighted by Gasteiger charge is -2.22. The van der Waals surface area contributed by atoms with Gasteiger partial charge in [0.2, 0.25) is 6.41 Å². The van der Waals surface area contributed by atoms with Crippen LogP contribution in [-0.4, -0.2) is 82.9 Å². The molecule has 0 saturated carbocycles. The molecule has 0 fully saturated rings. The molecular formula is C26H44N4O6. The molecule has 0 aromatic heterocycles. The average Bonchev–Trinajstić information content (AvgIpc) is 3.22. The molecule has 204 valence electrons. The van der Waals surface area contributed by atoms with Crippen LogP contribution in [0.15, 0.2) is 18.2 Å². The van der Waals surface area contributed by atoms with Crippen molar-refractivity contribution in [2.75, 3.05) is 52.4 Å². The second kappa shape index (κ2) is 22.8. The second-order valence-electron chi connectivity index (χ2n) is 8.05. The van der Waals surface area contributed by atoms with Gasteiger partial charge in [-0.25, -0.2) is 0 Å². The van der Waals surface area contributed by atoms with E-state index in [2.05, 4.69) is 17.6 Å². The van der Waals surface area contributed by atoms with Gasteiger partial charge in [-0.1, -0.05) is 13.0 Å². The lowest BCUT2D eigenvalue weighted by molar-refractivity contribution is -0.112. The number of fused-ring (bicyclic) bond motifs is 1. The van der Waals surface area contributed by atoms with E-state index in [1.807, 2.05) is 14.1 Å². The van der Waals surface area contributed by atoms with Crippen molar-refractivity contribution in [2.45, 2.75) is 58.0 Å². The van der Waals surface area contributed by atoms with Gasteiger partial charge in [0.05, 0.1) is 19.3 Å². The molecule has 2 amide bonds. The average molecular weight is 509 g/mol. The summed E-state index contributed by atoms with van der Waals surface area (Å²) < 4.78 is 10.6. The Balaban J connectivity index is 0.000000663. The predicted octanol–water partition coefficient (Wildman–Crippen LogP) is 2.15. The maximum Gasteiger partial charge on any atom is 0.255 e. The number of benzene rings is 1. The monoisotopic (exact) mass is 508 g/mol. The lowest BCUT2D eigenvalue weighted by Crippen LogP contribution is -2.36. The van der Waals surface area contributed by atoms with Crippen molar-refractivity contribution in [3.05, 3.63) is 29.3 Å². The molecule has 10 nitrogen and oxygen atoms in total. The van der Waals surface area contributed by atoms with E-state index in [-0.39, 0.29) is 18.9 Å². The van der Waals surface area contributed by atoms with Crippen LogP contribution in [0.4, 0.5) is 5.69 Å². The summed E-state index contributed by atoms with van der Waals surface area (Å²) in [6, 6.07) is 4.41. The number of amides is 2. The van der Waals surface area contributed by atoms with E-state index in [0.29, 0.717) is 35.9 Å². The minimum absolute atomic E-state index is 0.225. The van der Waals surface area contributed by atoms with E-state index in [1.165, 1.54) is 11.3 Å². The van der Waals surface area contributed by atoms with Crippen molar-refractivity contribution in [3.63, 3.8) is 0 Å². The summed E-state index contributed by atoms with van der Waals surface area (Å²) in [6.07, 6.45) is 6.96. The Hall–Kier alpha value is -2.66. The number of nitrogens with two attached hydrogens (primary N) is 1. The highest BCUT2D eigenvalue weighted by molar-refractivity contribution is 6.01. The fraction of sp³-hybridized carbons (Fsp3) is 0.615. The predicted molar refractivity (Wildman–Crippen MR) is 141 cm³/mol. The maximum atomic E-state index is 12.3. The molecule has 1 aliphatic rings. The van der Waals surface area contributed by atoms with E-state index in [0.717, 1.165) is 58.5 Å². The molecule has 1 unspecified atom stereocenters. The van der Waals surface area contributed by atoms with Crippen molar-refractivity contribution in [3.8, 4) is 0 Å². The summed E-state index contributed by atoms with van der Waals surface area (Å²) in [5.74, 6) is -0.252. The number of aldehydes is 2. The van der Waals surface area contributed by atoms with E-state index in [4.69, 9.17) is 15.2 Å². The van der Waals surface area contributed by atoms with Gasteiger partial charge in [0.25, 0.3) is 5.91 Å². The summed E-state index contributed by atoms with van der Waals surface area (Å²) in [4.78, 5) is 45.8. The molecule has 0 bridgehead atoms. The fourth-order valence-electron chi connectivity index (χ4n) is 3.35. The summed E-state index contributed by atoms with van der Waals surface area (Å²) in [7, 11) is 3.75. The van der Waals surface area contributed by atoms with Gasteiger partial charge in [-0.15, -0.1) is 0 Å². The summed E-state index contributed by atoms with van der Waals surface area (Å²) in [6.45, 7) is 6.29. The van der Waals surface area contributed by atoms with Gasteiger partial charge in [-0.3, -0.25) is 9.59 Å². The van der Waals surface area contributed by atoms with E-state index in [9.17, 15) is 19.2 Å². The van der Waals surface area contributed by atoms with Crippen molar-refractivity contribution >= 4 is 30.6 Å². The standard InChI is InChI=1S/C14H14N2O4.C10H23NO2.C2H7N/c17-6-2-3-10(8-18)16-7-12-11(14(16)20)4-1-5-13(12)15-9-19;1-2-7-12-9-10-13-8-5-3-4-6-11;1-3-2/h1,4-6,8-10H,2-3,7H2,(H,15,19);2-11H2,1H3;3H,1-2H3. The van der Waals surface area contributed by atoms with Crippen LogP contribution < -0.4 is 16.4 Å². The third-order valence-electron chi connectivity index (χ3n) is 5.06. The topological polar surface area (TPSA) is 140 Å². The molecule has 1 aromatic rings. The first-order valence-corrected chi connectivity index (χ1v) is 12.5. The molecule has 0 saturated heterocycles. The minimum Gasteiger partial charge on any atom is -0.379 e. The Bertz CT molecular complexity index is 737. The third-order valence-corrected chi connectivity index (χ3v) is 5.06. The van der Waals surface area contributed by atoms with Crippen molar-refractivity contribution in [2.24, 2.45) is 5.73 Å². The number of carbonyl (C=O) groups excluding carboxylic acids is 4. The van der Waals surface area contributed by atoms with Crippen molar-refractivity contribution < 1.29 is 28.7 Å². The van der Waals surface area contributed by atoms with Gasteiger partial charge in [0, 0.05) is 43.0 Å². The van der Waals surface area contributed by atoms with E-state index < -0.39 is 6.04 Å². The summed E-state index contributed by atoms with van der Waals surface area (Å²) >= 11 is 0. The van der Waals surface area contributed by atoms with E-state index in [1.54, 1.807) is 18.2 Å². The molecule has 0 aliphatic carbocycles. The van der Waals surface area contributed by atoms with Crippen molar-refractivity contribution in [1.82, 2.24) is 10.2 Å². The molecule has 1 aliphatic heterocycles. The SMILES string of the molecule is CCCOCCOCCCCCN.CNC.O=CCCC(C=O)N1Cc2c(NC=O)cccc2C1=O. The Kier molecular flexibility index (Phi) is 21.1. The molecule has 1 heterocycles. The van der Waals surface area contributed by atoms with Crippen LogP contribution in [0.5, 0.6) is 0 Å². The number of rotatable bonds is 17. The van der Waals surface area contributed by atoms with Crippen LogP contribution in [0.3, 0.4) is 0 Å². The third kappa shape index (κ3) is 13.4. The maximum absolute atomic E-state index is 12.3. The molecule has 0 radical (unpaired) electrons. The van der Waals surface area contributed by atoms with Crippen molar-refractivity contribution in [1.29, 1.82) is 0 Å². The molecule has 10 heteroatoms. The normalized spacial score (nSPS) is 12.4. The lowest BCUT2D eigenvalue weighted by atomic mass is 10.1. The number of ether oxygens (including phenoxy) is 2. The van der Waals surface area contributed by atoms with Crippen LogP contribution in [0.25, 0.3) is 0 Å². The first-order chi connectivity index (χ1) is 17.6. The highest BCUT2D eigenvalue weighted by atomic mass is 16.5. The first-order valence-electron chi connectivity index (χ1n) is 12.5. The number of unbranched alkanes of at least 4 members (excludes halogenated alkanes) is 2. The fourth-order valence-corrected chi connectivity index (χ4v) is 3.35. The first kappa shape index (κ1) is 33.3. The van der Waals surface area contributed by atoms with Gasteiger partial charge < -0.3 is 40.3 Å². The van der Waals surface area contributed by atoms with Gasteiger partial charge in [-0.2, -0.15) is 0 Å². The Morgan fingerprint density at radius 1 is 1.06 bits per heavy atom. The van der Waals surface area contributed by atoms with Gasteiger partial charge >= 0.3 is 0 Å². The Labute approximate surface area is 215 Å². The Morgan fingerprint density at radius 3 is 2.33 bits per heavy atom. The van der Waals surface area contributed by atoms with E-state index >= 15 is 0 Å². The minimum atomic E-state index is -0.621. The number of nitrogens with one attached hydrogen (secondary N) is 2. The number of carbonyl (C=O) groups is 4. The largest absolute Gasteiger partial charge is 0.379 e. The number of anilines is 1. The molecular weight excluding hydrogens is 464 g/mol. The molecule has 1 aromatic carbocycles. The van der Waals surface area contributed by atoms with Gasteiger partial charge in [-0.05, 0) is 64.9 Å². The smallest absolute Gasteiger partial charge is 0.255 e. The number of nitrogens with zero attached hydrogens (tertiary/aromatic N) is 1. The summed E-state index contributed by atoms with van der Waals surface area (Å²) in [5.41, 5.74) is 7.10. The molecule has 4 N–H and O–H groups in total. The second-order valence-corrected chi connectivity index (χ2v) is 8.05. The molecule has 36 heavy (non-hydrogen) atoms. The zero-order chi connectivity index (χ0) is 27.0. The van der Waals surface area contributed by atoms with Crippen LogP contribution in [0.2, 0.25) is 0 Å². The molecule has 2 rings (SSSR count). The zero-order valence-electron chi connectivity index (χ0n) is 22.0.